The third kappa shape index (κ3) is 10.7. The normalized spacial score (nSPS) is 13.6. The second kappa shape index (κ2) is 11.0. The average molecular weight is 305 g/mol. The molecule has 0 aromatic rings. The molecule has 0 heterocycles. The van der Waals surface area contributed by atoms with Crippen molar-refractivity contribution >= 4 is 15.9 Å². The summed E-state index contributed by atoms with van der Waals surface area (Å²) in [6.07, 6.45) is 6.47. The van der Waals surface area contributed by atoms with E-state index in [1.807, 2.05) is 6.92 Å². The lowest BCUT2D eigenvalue weighted by Gasteiger charge is -2.13. The molecule has 2 nitrogen and oxygen atoms in total. The van der Waals surface area contributed by atoms with E-state index in [1.165, 1.54) is 11.1 Å². The van der Waals surface area contributed by atoms with E-state index >= 15 is 0 Å². The second-order valence-electron chi connectivity index (χ2n) is 4.24. The average Bonchev–Trinajstić information content (AvgIpc) is 2.27. The largest absolute Gasteiger partial charge is 0.352 e. The van der Waals surface area contributed by atoms with Gasteiger partial charge in [0.15, 0.2) is 6.29 Å². The first kappa shape index (κ1) is 16.9. The summed E-state index contributed by atoms with van der Waals surface area (Å²) in [5.74, 6) is 0. The van der Waals surface area contributed by atoms with Crippen LogP contribution in [-0.4, -0.2) is 24.8 Å². The summed E-state index contributed by atoms with van der Waals surface area (Å²) >= 11 is 3.36. The maximum absolute atomic E-state index is 5.57. The predicted molar refractivity (Wildman–Crippen MR) is 77.6 cm³/mol. The Labute approximate surface area is 114 Å². The van der Waals surface area contributed by atoms with Gasteiger partial charge in [-0.05, 0) is 40.5 Å². The fourth-order valence-corrected chi connectivity index (χ4v) is 1.69. The first-order chi connectivity index (χ1) is 8.10. The van der Waals surface area contributed by atoms with E-state index in [2.05, 4.69) is 48.9 Å². The summed E-state index contributed by atoms with van der Waals surface area (Å²) in [7, 11) is 0. The van der Waals surface area contributed by atoms with Crippen molar-refractivity contribution in [1.29, 1.82) is 0 Å². The minimum Gasteiger partial charge on any atom is -0.352 e. The molecule has 0 amide bonds. The van der Waals surface area contributed by atoms with Gasteiger partial charge in [0.2, 0.25) is 0 Å². The molecule has 0 spiro atoms. The zero-order valence-electron chi connectivity index (χ0n) is 11.5. The van der Waals surface area contributed by atoms with Gasteiger partial charge >= 0.3 is 0 Å². The third-order valence-corrected chi connectivity index (χ3v) is 2.81. The van der Waals surface area contributed by atoms with Gasteiger partial charge in [-0.2, -0.15) is 0 Å². The zero-order valence-corrected chi connectivity index (χ0v) is 13.0. The molecule has 0 N–H and O–H groups in total. The Kier molecular flexibility index (Phi) is 10.9. The van der Waals surface area contributed by atoms with Crippen LogP contribution in [0.2, 0.25) is 0 Å². The van der Waals surface area contributed by atoms with Crippen molar-refractivity contribution in [3.8, 4) is 0 Å². The number of halogens is 1. The van der Waals surface area contributed by atoms with Crippen LogP contribution in [0.4, 0.5) is 0 Å². The first-order valence-electron chi connectivity index (χ1n) is 6.18. The smallest absolute Gasteiger partial charge is 0.167 e. The van der Waals surface area contributed by atoms with Gasteiger partial charge in [-0.25, -0.2) is 0 Å². The second-order valence-corrected chi connectivity index (χ2v) is 4.89. The number of allylic oxidation sites excluding steroid dienone is 3. The van der Waals surface area contributed by atoms with Crippen molar-refractivity contribution in [2.45, 2.75) is 46.8 Å². The molecule has 1 atom stereocenters. The number of alkyl halides is 1. The fourth-order valence-electron chi connectivity index (χ4n) is 1.31. The van der Waals surface area contributed by atoms with Crippen LogP contribution in [0, 0.1) is 0 Å². The Morgan fingerprint density at radius 1 is 1.18 bits per heavy atom. The fraction of sp³-hybridized carbons (Fsp3) is 0.714. The van der Waals surface area contributed by atoms with E-state index in [0.717, 1.165) is 12.8 Å². The van der Waals surface area contributed by atoms with Crippen molar-refractivity contribution in [2.24, 2.45) is 0 Å². The van der Waals surface area contributed by atoms with Crippen LogP contribution in [0.15, 0.2) is 23.3 Å². The Balaban J connectivity index is 3.78. The lowest BCUT2D eigenvalue weighted by molar-refractivity contribution is -0.114. The van der Waals surface area contributed by atoms with Gasteiger partial charge in [0.25, 0.3) is 0 Å². The third-order valence-electron chi connectivity index (χ3n) is 2.28. The Hall–Kier alpha value is -0.120. The number of rotatable bonds is 9. The summed E-state index contributed by atoms with van der Waals surface area (Å²) < 4.78 is 10.9. The molecular formula is C14H25BrO2. The van der Waals surface area contributed by atoms with Crippen LogP contribution in [0.25, 0.3) is 0 Å². The molecule has 17 heavy (non-hydrogen) atoms. The number of ether oxygens (including phenoxy) is 2. The lowest BCUT2D eigenvalue weighted by atomic mass is 10.1. The van der Waals surface area contributed by atoms with Gasteiger partial charge in [-0.3, -0.25) is 0 Å². The monoisotopic (exact) mass is 304 g/mol. The lowest BCUT2D eigenvalue weighted by Crippen LogP contribution is -2.18. The van der Waals surface area contributed by atoms with Crippen LogP contribution >= 0.6 is 15.9 Å². The van der Waals surface area contributed by atoms with Crippen LogP contribution in [0.1, 0.15) is 40.5 Å². The highest BCUT2D eigenvalue weighted by atomic mass is 79.9. The van der Waals surface area contributed by atoms with Crippen LogP contribution in [0.5, 0.6) is 0 Å². The van der Waals surface area contributed by atoms with E-state index in [-0.39, 0.29) is 6.29 Å². The molecule has 0 rings (SSSR count). The molecular weight excluding hydrogens is 280 g/mol. The molecule has 0 aromatic heterocycles. The molecule has 0 bridgehead atoms. The molecule has 100 valence electrons. The molecule has 0 radical (unpaired) electrons. The van der Waals surface area contributed by atoms with Crippen molar-refractivity contribution in [2.75, 3.05) is 18.5 Å². The maximum Gasteiger partial charge on any atom is 0.167 e. The SMILES string of the molecule is CCOC(CBr)OC/C=C(/C)CCC=C(C)C. The van der Waals surface area contributed by atoms with E-state index in [0.29, 0.717) is 18.5 Å². The van der Waals surface area contributed by atoms with E-state index < -0.39 is 0 Å². The van der Waals surface area contributed by atoms with Gasteiger partial charge < -0.3 is 9.47 Å². The standard InChI is InChI=1S/C14H25BrO2/c1-5-16-14(11-15)17-10-9-13(4)8-6-7-12(2)3/h7,9,14H,5-6,8,10-11H2,1-4H3/b13-9-. The summed E-state index contributed by atoms with van der Waals surface area (Å²) in [6.45, 7) is 9.68. The molecule has 0 aliphatic carbocycles. The minimum atomic E-state index is -0.137. The van der Waals surface area contributed by atoms with Gasteiger partial charge in [0, 0.05) is 6.61 Å². The predicted octanol–water partition coefficient (Wildman–Crippen LogP) is 4.45. The van der Waals surface area contributed by atoms with Gasteiger partial charge in [-0.1, -0.05) is 39.2 Å². The Morgan fingerprint density at radius 2 is 1.88 bits per heavy atom. The molecule has 0 saturated carbocycles. The Bertz CT molecular complexity index is 243. The highest BCUT2D eigenvalue weighted by Gasteiger charge is 2.04. The molecule has 1 unspecified atom stereocenters. The van der Waals surface area contributed by atoms with Crippen molar-refractivity contribution in [3.63, 3.8) is 0 Å². The van der Waals surface area contributed by atoms with Crippen molar-refractivity contribution in [3.05, 3.63) is 23.3 Å². The van der Waals surface area contributed by atoms with E-state index in [1.54, 1.807) is 0 Å². The highest BCUT2D eigenvalue weighted by molar-refractivity contribution is 9.09. The first-order valence-corrected chi connectivity index (χ1v) is 7.30. The van der Waals surface area contributed by atoms with E-state index in [4.69, 9.17) is 9.47 Å². The minimum absolute atomic E-state index is 0.137. The molecule has 3 heteroatoms. The van der Waals surface area contributed by atoms with Crippen LogP contribution < -0.4 is 0 Å². The molecule has 0 aliphatic rings. The number of hydrogen-bond acceptors (Lipinski definition) is 2. The van der Waals surface area contributed by atoms with Crippen molar-refractivity contribution < 1.29 is 9.47 Å². The summed E-state index contributed by atoms with van der Waals surface area (Å²) in [6, 6.07) is 0. The molecule has 0 aromatic carbocycles. The topological polar surface area (TPSA) is 18.5 Å². The van der Waals surface area contributed by atoms with Crippen molar-refractivity contribution in [1.82, 2.24) is 0 Å². The summed E-state index contributed by atoms with van der Waals surface area (Å²) in [5.41, 5.74) is 2.75. The maximum atomic E-state index is 5.57. The van der Waals surface area contributed by atoms with Gasteiger partial charge in [0.1, 0.15) is 0 Å². The van der Waals surface area contributed by atoms with Gasteiger partial charge in [0.05, 0.1) is 11.9 Å². The molecule has 0 aliphatic heterocycles. The molecule has 0 saturated heterocycles. The van der Waals surface area contributed by atoms with E-state index in [9.17, 15) is 0 Å². The van der Waals surface area contributed by atoms with Gasteiger partial charge in [-0.15, -0.1) is 0 Å². The Morgan fingerprint density at radius 3 is 2.41 bits per heavy atom. The molecule has 0 fully saturated rings. The van der Waals surface area contributed by atoms with Crippen LogP contribution in [-0.2, 0) is 9.47 Å². The highest BCUT2D eigenvalue weighted by Crippen LogP contribution is 2.07. The summed E-state index contributed by atoms with van der Waals surface area (Å²) in [4.78, 5) is 0. The summed E-state index contributed by atoms with van der Waals surface area (Å²) in [5, 5.41) is 0.714. The quantitative estimate of drug-likeness (QED) is 0.356. The zero-order chi connectivity index (χ0) is 13.1. The number of hydrogen-bond donors (Lipinski definition) is 0. The van der Waals surface area contributed by atoms with Crippen LogP contribution in [0.3, 0.4) is 0 Å².